The van der Waals surface area contributed by atoms with Gasteiger partial charge in [0.15, 0.2) is 0 Å². The maximum Gasteiger partial charge on any atom is 0.335 e. The number of fused-ring (bicyclic) bond motifs is 1. The molecule has 0 fully saturated rings. The second-order valence-electron chi connectivity index (χ2n) is 4.61. The normalized spacial score (nSPS) is 10.4. The Hall–Kier alpha value is -3.15. The Morgan fingerprint density at radius 1 is 1.14 bits per heavy atom. The van der Waals surface area contributed by atoms with Gasteiger partial charge in [-0.2, -0.15) is 0 Å². The molecule has 0 spiro atoms. The molecular weight excluding hydrogens is 282 g/mol. The maximum atomic E-state index is 10.9. The van der Waals surface area contributed by atoms with Gasteiger partial charge in [0.25, 0.3) is 0 Å². The highest BCUT2D eigenvalue weighted by atomic mass is 16.5. The van der Waals surface area contributed by atoms with Crippen LogP contribution in [0.25, 0.3) is 10.9 Å². The van der Waals surface area contributed by atoms with Crippen LogP contribution in [0.4, 0.5) is 11.5 Å². The summed E-state index contributed by atoms with van der Waals surface area (Å²) in [6.07, 6.45) is 1.47. The van der Waals surface area contributed by atoms with E-state index in [0.29, 0.717) is 11.6 Å². The fraction of sp³-hybridized carbons (Fsp3) is 0.0625. The second kappa shape index (κ2) is 5.69. The van der Waals surface area contributed by atoms with Crippen molar-refractivity contribution in [1.82, 2.24) is 9.97 Å². The lowest BCUT2D eigenvalue weighted by molar-refractivity contribution is 0.0697. The number of aromatic nitrogens is 2. The van der Waals surface area contributed by atoms with Gasteiger partial charge in [-0.15, -0.1) is 0 Å². The molecule has 2 aromatic carbocycles. The number of hydrogen-bond donors (Lipinski definition) is 2. The van der Waals surface area contributed by atoms with E-state index in [1.54, 1.807) is 19.2 Å². The van der Waals surface area contributed by atoms with E-state index in [4.69, 9.17) is 9.84 Å². The fourth-order valence-corrected chi connectivity index (χ4v) is 2.10. The molecule has 110 valence electrons. The molecule has 3 rings (SSSR count). The van der Waals surface area contributed by atoms with E-state index < -0.39 is 5.97 Å². The van der Waals surface area contributed by atoms with E-state index in [9.17, 15) is 4.79 Å². The third-order valence-electron chi connectivity index (χ3n) is 3.24. The Labute approximate surface area is 126 Å². The Morgan fingerprint density at radius 2 is 1.91 bits per heavy atom. The predicted octanol–water partition coefficient (Wildman–Crippen LogP) is 3.08. The number of carboxylic acid groups (broad SMARTS) is 1. The lowest BCUT2D eigenvalue weighted by Crippen LogP contribution is -1.98. The van der Waals surface area contributed by atoms with Crippen molar-refractivity contribution in [2.24, 2.45) is 0 Å². The van der Waals surface area contributed by atoms with Gasteiger partial charge in [0, 0.05) is 11.1 Å². The fourth-order valence-electron chi connectivity index (χ4n) is 2.10. The highest BCUT2D eigenvalue weighted by molar-refractivity contribution is 5.92. The van der Waals surface area contributed by atoms with Gasteiger partial charge < -0.3 is 15.2 Å². The van der Waals surface area contributed by atoms with Crippen molar-refractivity contribution >= 4 is 28.4 Å². The molecule has 0 radical (unpaired) electrons. The minimum Gasteiger partial charge on any atom is -0.497 e. The van der Waals surface area contributed by atoms with E-state index in [0.717, 1.165) is 16.6 Å². The molecular formula is C16H13N3O3. The molecule has 2 N–H and O–H groups in total. The van der Waals surface area contributed by atoms with E-state index in [2.05, 4.69) is 15.3 Å². The van der Waals surface area contributed by atoms with E-state index in [1.165, 1.54) is 18.5 Å². The monoisotopic (exact) mass is 295 g/mol. The van der Waals surface area contributed by atoms with Gasteiger partial charge in [-0.25, -0.2) is 14.8 Å². The highest BCUT2D eigenvalue weighted by Crippen LogP contribution is 2.26. The number of nitrogens with zero attached hydrogens (tertiary/aromatic N) is 2. The van der Waals surface area contributed by atoms with E-state index in [-0.39, 0.29) is 5.56 Å². The first-order valence-corrected chi connectivity index (χ1v) is 6.56. The zero-order valence-electron chi connectivity index (χ0n) is 11.8. The second-order valence-corrected chi connectivity index (χ2v) is 4.61. The van der Waals surface area contributed by atoms with Crippen molar-refractivity contribution in [1.29, 1.82) is 0 Å². The van der Waals surface area contributed by atoms with Gasteiger partial charge in [-0.1, -0.05) is 0 Å². The van der Waals surface area contributed by atoms with Gasteiger partial charge in [0.2, 0.25) is 0 Å². The van der Waals surface area contributed by atoms with Crippen molar-refractivity contribution in [3.05, 3.63) is 54.4 Å². The summed E-state index contributed by atoms with van der Waals surface area (Å²) in [5, 5.41) is 12.9. The molecule has 0 aliphatic heterocycles. The number of nitrogens with one attached hydrogen (secondary N) is 1. The standard InChI is InChI=1S/C16H13N3O3/c1-22-12-6-7-14-13(8-12)15(18-9-17-14)19-11-4-2-10(3-5-11)16(20)21/h2-9H,1H3,(H,20,21)(H,17,18,19). The van der Waals surface area contributed by atoms with Crippen LogP contribution in [0.3, 0.4) is 0 Å². The number of ether oxygens (including phenoxy) is 1. The number of methoxy groups -OCH3 is 1. The molecule has 0 saturated carbocycles. The lowest BCUT2D eigenvalue weighted by atomic mass is 10.2. The number of rotatable bonds is 4. The maximum absolute atomic E-state index is 10.9. The van der Waals surface area contributed by atoms with Gasteiger partial charge >= 0.3 is 5.97 Å². The Morgan fingerprint density at radius 3 is 2.59 bits per heavy atom. The average molecular weight is 295 g/mol. The molecule has 6 heteroatoms. The summed E-state index contributed by atoms with van der Waals surface area (Å²) in [5.41, 5.74) is 1.77. The summed E-state index contributed by atoms with van der Waals surface area (Å²) in [7, 11) is 1.60. The van der Waals surface area contributed by atoms with Crippen LogP contribution in [0.15, 0.2) is 48.8 Å². The summed E-state index contributed by atoms with van der Waals surface area (Å²) < 4.78 is 5.22. The minimum absolute atomic E-state index is 0.236. The van der Waals surface area contributed by atoms with Gasteiger partial charge in [-0.05, 0) is 42.5 Å². The molecule has 3 aromatic rings. The summed E-state index contributed by atoms with van der Waals surface area (Å²) in [6.45, 7) is 0. The first-order chi connectivity index (χ1) is 10.7. The Kier molecular flexibility index (Phi) is 3.57. The van der Waals surface area contributed by atoms with Crippen molar-refractivity contribution in [3.8, 4) is 5.75 Å². The topological polar surface area (TPSA) is 84.3 Å². The predicted molar refractivity (Wildman–Crippen MR) is 82.8 cm³/mol. The summed E-state index contributed by atoms with van der Waals surface area (Å²) >= 11 is 0. The van der Waals surface area contributed by atoms with Crippen LogP contribution in [0.5, 0.6) is 5.75 Å². The van der Waals surface area contributed by atoms with Crippen LogP contribution in [0.1, 0.15) is 10.4 Å². The molecule has 6 nitrogen and oxygen atoms in total. The largest absolute Gasteiger partial charge is 0.497 e. The third-order valence-corrected chi connectivity index (χ3v) is 3.24. The summed E-state index contributed by atoms with van der Waals surface area (Å²) in [6, 6.07) is 12.0. The zero-order chi connectivity index (χ0) is 15.5. The Balaban J connectivity index is 1.97. The number of hydrogen-bond acceptors (Lipinski definition) is 5. The van der Waals surface area contributed by atoms with Crippen molar-refractivity contribution in [2.45, 2.75) is 0 Å². The Bertz CT molecular complexity index is 832. The van der Waals surface area contributed by atoms with Crippen LogP contribution < -0.4 is 10.1 Å². The first-order valence-electron chi connectivity index (χ1n) is 6.56. The number of benzene rings is 2. The van der Waals surface area contributed by atoms with Gasteiger partial charge in [0.1, 0.15) is 17.9 Å². The highest BCUT2D eigenvalue weighted by Gasteiger charge is 2.07. The van der Waals surface area contributed by atoms with Crippen molar-refractivity contribution in [2.75, 3.05) is 12.4 Å². The lowest BCUT2D eigenvalue weighted by Gasteiger charge is -2.09. The first kappa shape index (κ1) is 13.8. The van der Waals surface area contributed by atoms with Crippen LogP contribution >= 0.6 is 0 Å². The minimum atomic E-state index is -0.955. The molecule has 0 saturated heterocycles. The van der Waals surface area contributed by atoms with Crippen LogP contribution in [0, 0.1) is 0 Å². The molecule has 0 atom stereocenters. The summed E-state index contributed by atoms with van der Waals surface area (Å²) in [5.74, 6) is 0.391. The van der Waals surface area contributed by atoms with Crippen LogP contribution in [0.2, 0.25) is 0 Å². The number of carbonyl (C=O) groups is 1. The third kappa shape index (κ3) is 2.67. The molecule has 22 heavy (non-hydrogen) atoms. The number of carboxylic acids is 1. The van der Waals surface area contributed by atoms with Crippen molar-refractivity contribution in [3.63, 3.8) is 0 Å². The molecule has 0 unspecified atom stereocenters. The molecule has 1 heterocycles. The van der Waals surface area contributed by atoms with Crippen LogP contribution in [-0.2, 0) is 0 Å². The quantitative estimate of drug-likeness (QED) is 0.769. The van der Waals surface area contributed by atoms with E-state index in [1.807, 2.05) is 18.2 Å². The molecule has 1 aromatic heterocycles. The molecule has 0 aliphatic rings. The number of anilines is 2. The molecule has 0 amide bonds. The number of aromatic carboxylic acids is 1. The molecule has 0 aliphatic carbocycles. The van der Waals surface area contributed by atoms with Crippen molar-refractivity contribution < 1.29 is 14.6 Å². The van der Waals surface area contributed by atoms with E-state index >= 15 is 0 Å². The zero-order valence-corrected chi connectivity index (χ0v) is 11.8. The van der Waals surface area contributed by atoms with Gasteiger partial charge in [0.05, 0.1) is 18.2 Å². The smallest absolute Gasteiger partial charge is 0.335 e. The van der Waals surface area contributed by atoms with Gasteiger partial charge in [-0.3, -0.25) is 0 Å². The average Bonchev–Trinajstić information content (AvgIpc) is 2.55. The molecule has 0 bridgehead atoms. The van der Waals surface area contributed by atoms with Crippen LogP contribution in [-0.4, -0.2) is 28.2 Å². The summed E-state index contributed by atoms with van der Waals surface area (Å²) in [4.78, 5) is 19.3. The SMILES string of the molecule is COc1ccc2ncnc(Nc3ccc(C(=O)O)cc3)c2c1.